The molecule has 0 radical (unpaired) electrons. The molecule has 0 saturated carbocycles. The highest BCUT2D eigenvalue weighted by molar-refractivity contribution is 9.10. The van der Waals surface area contributed by atoms with E-state index in [1.54, 1.807) is 19.1 Å². The van der Waals surface area contributed by atoms with Crippen molar-refractivity contribution in [3.63, 3.8) is 0 Å². The van der Waals surface area contributed by atoms with E-state index in [2.05, 4.69) is 20.9 Å². The third-order valence-corrected chi connectivity index (χ3v) is 4.20. The van der Waals surface area contributed by atoms with Gasteiger partial charge in [0.25, 0.3) is 5.56 Å². The summed E-state index contributed by atoms with van der Waals surface area (Å²) in [7, 11) is 0. The van der Waals surface area contributed by atoms with Crippen LogP contribution in [-0.2, 0) is 0 Å². The van der Waals surface area contributed by atoms with Crippen LogP contribution in [0.4, 0.5) is 4.39 Å². The zero-order valence-corrected chi connectivity index (χ0v) is 12.6. The van der Waals surface area contributed by atoms with Gasteiger partial charge in [0.1, 0.15) is 5.82 Å². The number of aromatic nitrogens is 2. The van der Waals surface area contributed by atoms with Crippen molar-refractivity contribution in [3.8, 4) is 5.69 Å². The molecule has 0 bridgehead atoms. The average molecular weight is 349 g/mol. The van der Waals surface area contributed by atoms with Crippen LogP contribution in [0.2, 0.25) is 0 Å². The number of nitrogens with zero attached hydrogens (tertiary/aromatic N) is 1. The van der Waals surface area contributed by atoms with E-state index in [9.17, 15) is 14.0 Å². The molecule has 0 aliphatic heterocycles. The first kappa shape index (κ1) is 13.8. The summed E-state index contributed by atoms with van der Waals surface area (Å²) in [6.45, 7) is 1.79. The van der Waals surface area contributed by atoms with E-state index in [0.29, 0.717) is 11.2 Å². The summed E-state index contributed by atoms with van der Waals surface area (Å²) in [4.78, 5) is 27.3. The van der Waals surface area contributed by atoms with E-state index < -0.39 is 17.1 Å². The van der Waals surface area contributed by atoms with Crippen molar-refractivity contribution in [2.45, 2.75) is 6.92 Å². The van der Waals surface area contributed by atoms with Gasteiger partial charge in [-0.2, -0.15) is 0 Å². The Bertz CT molecular complexity index is 976. The van der Waals surface area contributed by atoms with E-state index in [1.165, 1.54) is 12.1 Å². The van der Waals surface area contributed by atoms with Crippen LogP contribution in [0, 0.1) is 12.7 Å². The third kappa shape index (κ3) is 2.21. The molecule has 1 heterocycles. The highest BCUT2D eigenvalue weighted by Gasteiger charge is 2.13. The van der Waals surface area contributed by atoms with Gasteiger partial charge in [0.05, 0.1) is 16.6 Å². The van der Waals surface area contributed by atoms with Gasteiger partial charge in [0, 0.05) is 4.47 Å². The Morgan fingerprint density at radius 2 is 1.95 bits per heavy atom. The van der Waals surface area contributed by atoms with Crippen LogP contribution in [0.1, 0.15) is 5.56 Å². The molecular weight excluding hydrogens is 339 g/mol. The summed E-state index contributed by atoms with van der Waals surface area (Å²) >= 11 is 3.37. The molecule has 3 rings (SSSR count). The summed E-state index contributed by atoms with van der Waals surface area (Å²) in [5, 5.41) is 0.133. The number of H-pyrrole nitrogens is 1. The van der Waals surface area contributed by atoms with Gasteiger partial charge in [-0.3, -0.25) is 4.79 Å². The van der Waals surface area contributed by atoms with Crippen molar-refractivity contribution < 1.29 is 4.39 Å². The van der Waals surface area contributed by atoms with Gasteiger partial charge >= 0.3 is 5.69 Å². The Labute approximate surface area is 127 Å². The monoisotopic (exact) mass is 348 g/mol. The van der Waals surface area contributed by atoms with Crippen molar-refractivity contribution in [2.24, 2.45) is 0 Å². The minimum Gasteiger partial charge on any atom is -0.306 e. The lowest BCUT2D eigenvalue weighted by atomic mass is 10.2. The van der Waals surface area contributed by atoms with Gasteiger partial charge in [-0.25, -0.2) is 13.8 Å². The number of aromatic amines is 1. The van der Waals surface area contributed by atoms with Crippen molar-refractivity contribution in [1.29, 1.82) is 0 Å². The molecule has 0 spiro atoms. The van der Waals surface area contributed by atoms with Crippen molar-refractivity contribution in [1.82, 2.24) is 9.55 Å². The van der Waals surface area contributed by atoms with Crippen LogP contribution < -0.4 is 11.2 Å². The minimum absolute atomic E-state index is 0.133. The number of halogens is 2. The largest absolute Gasteiger partial charge is 0.333 e. The second-order valence-corrected chi connectivity index (χ2v) is 5.50. The molecule has 0 atom stereocenters. The van der Waals surface area contributed by atoms with E-state index in [-0.39, 0.29) is 5.39 Å². The van der Waals surface area contributed by atoms with Crippen molar-refractivity contribution >= 4 is 26.8 Å². The number of nitrogens with one attached hydrogen (secondary N) is 1. The third-order valence-electron chi connectivity index (χ3n) is 3.34. The number of fused-ring (bicyclic) bond motifs is 1. The Hall–Kier alpha value is -2.21. The number of hydrogen-bond acceptors (Lipinski definition) is 2. The predicted octanol–water partition coefficient (Wildman–Crippen LogP) is 2.89. The fourth-order valence-electron chi connectivity index (χ4n) is 2.24. The molecule has 0 fully saturated rings. The van der Waals surface area contributed by atoms with Crippen LogP contribution in [0.3, 0.4) is 0 Å². The number of hydrogen-bond donors (Lipinski definition) is 1. The molecule has 0 saturated heterocycles. The molecule has 0 aliphatic rings. The van der Waals surface area contributed by atoms with Crippen LogP contribution in [0.15, 0.2) is 50.5 Å². The lowest BCUT2D eigenvalue weighted by molar-refractivity contribution is 0.629. The quantitative estimate of drug-likeness (QED) is 0.735. The van der Waals surface area contributed by atoms with Gasteiger partial charge in [-0.15, -0.1) is 0 Å². The van der Waals surface area contributed by atoms with Gasteiger partial charge in [-0.05, 0) is 42.8 Å². The second-order valence-electron chi connectivity index (χ2n) is 4.64. The molecule has 3 aromatic rings. The Balaban J connectivity index is 2.46. The highest BCUT2D eigenvalue weighted by atomic mass is 79.9. The zero-order valence-electron chi connectivity index (χ0n) is 11.0. The fourth-order valence-corrected chi connectivity index (χ4v) is 2.60. The second kappa shape index (κ2) is 4.96. The van der Waals surface area contributed by atoms with Gasteiger partial charge in [0.2, 0.25) is 0 Å². The first-order valence-corrected chi connectivity index (χ1v) is 6.98. The van der Waals surface area contributed by atoms with E-state index in [1.807, 2.05) is 6.07 Å². The highest BCUT2D eigenvalue weighted by Crippen LogP contribution is 2.21. The molecule has 1 N–H and O–H groups in total. The van der Waals surface area contributed by atoms with Gasteiger partial charge in [-0.1, -0.05) is 22.0 Å². The maximum absolute atomic E-state index is 13.3. The summed E-state index contributed by atoms with van der Waals surface area (Å²) in [5.74, 6) is -0.524. The van der Waals surface area contributed by atoms with E-state index >= 15 is 0 Å². The summed E-state index contributed by atoms with van der Waals surface area (Å²) in [6.07, 6.45) is 0. The average Bonchev–Trinajstić information content (AvgIpc) is 2.44. The first-order valence-electron chi connectivity index (χ1n) is 6.19. The van der Waals surface area contributed by atoms with Crippen LogP contribution >= 0.6 is 15.9 Å². The van der Waals surface area contributed by atoms with Crippen molar-refractivity contribution in [3.05, 3.63) is 73.1 Å². The molecule has 0 unspecified atom stereocenters. The molecule has 0 aliphatic carbocycles. The molecule has 106 valence electrons. The molecular formula is C15H10BrFN2O2. The lowest BCUT2D eigenvalue weighted by Gasteiger charge is -2.10. The molecule has 2 aromatic carbocycles. The molecule has 1 aromatic heterocycles. The van der Waals surface area contributed by atoms with Gasteiger partial charge in [0.15, 0.2) is 0 Å². The maximum Gasteiger partial charge on any atom is 0.333 e. The SMILES string of the molecule is Cc1c(Br)cccc1-n1c(=O)[nH]c2ccc(F)cc2c1=O. The summed E-state index contributed by atoms with van der Waals surface area (Å²) in [6, 6.07) is 8.92. The first-order chi connectivity index (χ1) is 9.99. The Morgan fingerprint density at radius 3 is 2.71 bits per heavy atom. The summed E-state index contributed by atoms with van der Waals surface area (Å²) in [5.41, 5.74) is 0.424. The predicted molar refractivity (Wildman–Crippen MR) is 82.6 cm³/mol. The van der Waals surface area contributed by atoms with Crippen molar-refractivity contribution in [2.75, 3.05) is 0 Å². The standard InChI is InChI=1S/C15H10BrFN2O2/c1-8-11(16)3-2-4-13(8)19-14(20)10-7-9(17)5-6-12(10)18-15(19)21/h2-7H,1H3,(H,18,21). The van der Waals surface area contributed by atoms with Gasteiger partial charge < -0.3 is 4.98 Å². The molecule has 0 amide bonds. The topological polar surface area (TPSA) is 54.9 Å². The zero-order chi connectivity index (χ0) is 15.1. The molecule has 21 heavy (non-hydrogen) atoms. The fraction of sp³-hybridized carbons (Fsp3) is 0.0667. The lowest BCUT2D eigenvalue weighted by Crippen LogP contribution is -2.34. The van der Waals surface area contributed by atoms with Crippen LogP contribution in [0.25, 0.3) is 16.6 Å². The Kier molecular flexibility index (Phi) is 3.25. The van der Waals surface area contributed by atoms with E-state index in [4.69, 9.17) is 0 Å². The number of rotatable bonds is 1. The normalized spacial score (nSPS) is 11.0. The Morgan fingerprint density at radius 1 is 1.19 bits per heavy atom. The molecule has 6 heteroatoms. The minimum atomic E-state index is -0.555. The van der Waals surface area contributed by atoms with E-state index in [0.717, 1.165) is 20.7 Å². The summed E-state index contributed by atoms with van der Waals surface area (Å²) < 4.78 is 15.1. The maximum atomic E-state index is 13.3. The number of benzene rings is 2. The smallest absolute Gasteiger partial charge is 0.306 e. The molecule has 4 nitrogen and oxygen atoms in total. The van der Waals surface area contributed by atoms with Crippen LogP contribution in [-0.4, -0.2) is 9.55 Å². The van der Waals surface area contributed by atoms with Crippen LogP contribution in [0.5, 0.6) is 0 Å².